The molecule has 3 aromatic rings. The number of carbonyl (C=O) groups is 2. The normalized spacial score (nSPS) is 11.7. The second-order valence-corrected chi connectivity index (χ2v) is 10.7. The first kappa shape index (κ1) is 27.6. The van der Waals surface area contributed by atoms with E-state index >= 15 is 0 Å². The van der Waals surface area contributed by atoms with Gasteiger partial charge in [0.2, 0.25) is 11.8 Å². The van der Waals surface area contributed by atoms with Crippen molar-refractivity contribution >= 4 is 62.7 Å². The summed E-state index contributed by atoms with van der Waals surface area (Å²) in [7, 11) is 0. The van der Waals surface area contributed by atoms with Crippen LogP contribution >= 0.6 is 50.9 Å². The molecule has 0 aliphatic carbocycles. The minimum atomic E-state index is -0.626. The Morgan fingerprint density at radius 1 is 0.943 bits per heavy atom. The summed E-state index contributed by atoms with van der Waals surface area (Å²) < 4.78 is 0.959. The van der Waals surface area contributed by atoms with E-state index in [1.165, 1.54) is 11.8 Å². The van der Waals surface area contributed by atoms with Gasteiger partial charge in [-0.05, 0) is 47.9 Å². The zero-order valence-electron chi connectivity index (χ0n) is 19.3. The molecule has 35 heavy (non-hydrogen) atoms. The lowest BCUT2D eigenvalue weighted by Gasteiger charge is -2.31. The molecule has 0 aromatic heterocycles. The number of benzene rings is 3. The number of likely N-dealkylation sites (N-methyl/N-ethyl adjacent to an activating group) is 1. The van der Waals surface area contributed by atoms with E-state index in [0.717, 1.165) is 21.2 Å². The molecule has 184 valence electrons. The number of hydrogen-bond acceptors (Lipinski definition) is 3. The van der Waals surface area contributed by atoms with Crippen LogP contribution in [0.4, 0.5) is 0 Å². The van der Waals surface area contributed by atoms with Crippen LogP contribution in [0, 0.1) is 0 Å². The number of amides is 2. The summed E-state index contributed by atoms with van der Waals surface area (Å²) >= 11 is 17.1. The summed E-state index contributed by atoms with van der Waals surface area (Å²) in [6.07, 6.45) is 0.437. The van der Waals surface area contributed by atoms with Crippen molar-refractivity contribution < 1.29 is 9.59 Å². The molecule has 0 spiro atoms. The quantitative estimate of drug-likeness (QED) is 0.267. The van der Waals surface area contributed by atoms with Crippen LogP contribution in [0.25, 0.3) is 0 Å². The molecular weight excluding hydrogens is 567 g/mol. The Bertz CT molecular complexity index is 1130. The largest absolute Gasteiger partial charge is 0.355 e. The van der Waals surface area contributed by atoms with Gasteiger partial charge in [-0.1, -0.05) is 87.7 Å². The van der Waals surface area contributed by atoms with Crippen LogP contribution in [0.1, 0.15) is 23.6 Å². The van der Waals surface area contributed by atoms with Gasteiger partial charge in [-0.15, -0.1) is 11.8 Å². The van der Waals surface area contributed by atoms with Crippen molar-refractivity contribution in [3.8, 4) is 0 Å². The molecule has 0 saturated carbocycles. The highest BCUT2D eigenvalue weighted by molar-refractivity contribution is 9.10. The highest BCUT2D eigenvalue weighted by Crippen LogP contribution is 2.25. The SMILES string of the molecule is CCNC(=O)C(Cc1ccccc1)N(Cc1ccc(Br)cc1)C(=O)CSCc1ccc(Cl)c(Cl)c1. The van der Waals surface area contributed by atoms with Crippen molar-refractivity contribution in [3.05, 3.63) is 104 Å². The average molecular weight is 594 g/mol. The molecule has 1 atom stereocenters. The maximum Gasteiger partial charge on any atom is 0.243 e. The fourth-order valence-electron chi connectivity index (χ4n) is 3.60. The predicted octanol–water partition coefficient (Wildman–Crippen LogP) is 6.77. The Balaban J connectivity index is 1.81. The summed E-state index contributed by atoms with van der Waals surface area (Å²) in [5.74, 6) is 0.599. The van der Waals surface area contributed by atoms with Gasteiger partial charge in [0.25, 0.3) is 0 Å². The fraction of sp³-hybridized carbons (Fsp3) is 0.259. The highest BCUT2D eigenvalue weighted by Gasteiger charge is 2.30. The van der Waals surface area contributed by atoms with E-state index in [4.69, 9.17) is 23.2 Å². The molecule has 3 rings (SSSR count). The molecule has 0 aliphatic heterocycles. The lowest BCUT2D eigenvalue weighted by molar-refractivity contribution is -0.139. The average Bonchev–Trinajstić information content (AvgIpc) is 2.85. The van der Waals surface area contributed by atoms with Crippen LogP contribution in [0.5, 0.6) is 0 Å². The van der Waals surface area contributed by atoms with E-state index in [9.17, 15) is 9.59 Å². The highest BCUT2D eigenvalue weighted by atomic mass is 79.9. The van der Waals surface area contributed by atoms with Crippen LogP contribution in [-0.4, -0.2) is 35.1 Å². The fourth-order valence-corrected chi connectivity index (χ4v) is 5.04. The summed E-state index contributed by atoms with van der Waals surface area (Å²) in [5.41, 5.74) is 2.94. The lowest BCUT2D eigenvalue weighted by atomic mass is 10.0. The summed E-state index contributed by atoms with van der Waals surface area (Å²) in [6.45, 7) is 2.72. The third-order valence-corrected chi connectivity index (χ3v) is 7.62. The van der Waals surface area contributed by atoms with Gasteiger partial charge < -0.3 is 10.2 Å². The number of nitrogens with one attached hydrogen (secondary N) is 1. The first-order valence-electron chi connectivity index (χ1n) is 11.2. The minimum absolute atomic E-state index is 0.0924. The second-order valence-electron chi connectivity index (χ2n) is 7.99. The van der Waals surface area contributed by atoms with Gasteiger partial charge in [-0.3, -0.25) is 9.59 Å². The van der Waals surface area contributed by atoms with Crippen molar-refractivity contribution in [2.45, 2.75) is 31.7 Å². The Hall–Kier alpha value is -1.99. The summed E-state index contributed by atoms with van der Waals surface area (Å²) in [5, 5.41) is 3.91. The first-order valence-corrected chi connectivity index (χ1v) is 13.9. The monoisotopic (exact) mass is 592 g/mol. The van der Waals surface area contributed by atoms with Gasteiger partial charge in [-0.25, -0.2) is 0 Å². The van der Waals surface area contributed by atoms with Gasteiger partial charge in [0.1, 0.15) is 6.04 Å². The summed E-state index contributed by atoms with van der Waals surface area (Å²) in [4.78, 5) is 28.4. The van der Waals surface area contributed by atoms with Crippen LogP contribution in [0.15, 0.2) is 77.3 Å². The standard InChI is InChI=1S/C27H27BrCl2N2O2S/c1-2-31-27(34)25(15-19-6-4-3-5-7-19)32(16-20-8-11-22(28)12-9-20)26(33)18-35-17-21-10-13-23(29)24(30)14-21/h3-14,25H,2,15-18H2,1H3,(H,31,34). The Kier molecular flexibility index (Phi) is 11.0. The van der Waals surface area contributed by atoms with Crippen LogP contribution in [0.2, 0.25) is 10.0 Å². The van der Waals surface area contributed by atoms with E-state index in [0.29, 0.717) is 35.3 Å². The molecule has 0 bridgehead atoms. The van der Waals surface area contributed by atoms with Crippen molar-refractivity contribution in [1.29, 1.82) is 0 Å². The van der Waals surface area contributed by atoms with Crippen LogP contribution in [0.3, 0.4) is 0 Å². The number of halogens is 3. The van der Waals surface area contributed by atoms with Crippen molar-refractivity contribution in [2.75, 3.05) is 12.3 Å². The van der Waals surface area contributed by atoms with Gasteiger partial charge in [0.15, 0.2) is 0 Å². The lowest BCUT2D eigenvalue weighted by Crippen LogP contribution is -2.51. The van der Waals surface area contributed by atoms with Gasteiger partial charge in [0.05, 0.1) is 15.8 Å². The first-order chi connectivity index (χ1) is 16.9. The van der Waals surface area contributed by atoms with E-state index < -0.39 is 6.04 Å². The zero-order chi connectivity index (χ0) is 25.2. The molecule has 3 aromatic carbocycles. The van der Waals surface area contributed by atoms with Crippen molar-refractivity contribution in [2.24, 2.45) is 0 Å². The van der Waals surface area contributed by atoms with E-state index in [1.807, 2.05) is 73.7 Å². The van der Waals surface area contributed by atoms with E-state index in [2.05, 4.69) is 21.2 Å². The van der Waals surface area contributed by atoms with E-state index in [1.54, 1.807) is 11.0 Å². The second kappa shape index (κ2) is 13.9. The number of thioether (sulfide) groups is 1. The maximum atomic E-state index is 13.5. The number of carbonyl (C=O) groups excluding carboxylic acids is 2. The van der Waals surface area contributed by atoms with Gasteiger partial charge in [0, 0.05) is 29.7 Å². The molecule has 8 heteroatoms. The van der Waals surface area contributed by atoms with Crippen LogP contribution < -0.4 is 5.32 Å². The third-order valence-electron chi connectivity index (χ3n) is 5.37. The minimum Gasteiger partial charge on any atom is -0.355 e. The molecule has 0 heterocycles. The van der Waals surface area contributed by atoms with Gasteiger partial charge >= 0.3 is 0 Å². The number of rotatable bonds is 11. The van der Waals surface area contributed by atoms with Gasteiger partial charge in [-0.2, -0.15) is 0 Å². The maximum absolute atomic E-state index is 13.5. The smallest absolute Gasteiger partial charge is 0.243 e. The predicted molar refractivity (Wildman–Crippen MR) is 150 cm³/mol. The van der Waals surface area contributed by atoms with Crippen molar-refractivity contribution in [3.63, 3.8) is 0 Å². The van der Waals surface area contributed by atoms with E-state index in [-0.39, 0.29) is 17.6 Å². The molecule has 0 fully saturated rings. The molecule has 2 amide bonds. The Morgan fingerprint density at radius 2 is 1.63 bits per heavy atom. The Morgan fingerprint density at radius 3 is 2.29 bits per heavy atom. The third kappa shape index (κ3) is 8.57. The molecule has 4 nitrogen and oxygen atoms in total. The summed E-state index contributed by atoms with van der Waals surface area (Å²) in [6, 6.07) is 22.4. The molecular formula is C27H27BrCl2N2O2S. The molecule has 1 N–H and O–H groups in total. The molecule has 0 radical (unpaired) electrons. The molecule has 1 unspecified atom stereocenters. The molecule has 0 saturated heterocycles. The Labute approximate surface area is 229 Å². The van der Waals surface area contributed by atoms with Crippen molar-refractivity contribution in [1.82, 2.24) is 10.2 Å². The number of hydrogen-bond donors (Lipinski definition) is 1. The molecule has 0 aliphatic rings. The topological polar surface area (TPSA) is 49.4 Å². The van der Waals surface area contributed by atoms with Crippen LogP contribution in [-0.2, 0) is 28.3 Å². The number of nitrogens with zero attached hydrogens (tertiary/aromatic N) is 1. The zero-order valence-corrected chi connectivity index (χ0v) is 23.3.